The molecule has 0 saturated carbocycles. The summed E-state index contributed by atoms with van der Waals surface area (Å²) in [6, 6.07) is 24.1. The van der Waals surface area contributed by atoms with E-state index in [1.807, 2.05) is 54.6 Å². The molecule has 0 spiro atoms. The normalized spacial score (nSPS) is 18.1. The number of hydrogen-bond acceptors (Lipinski definition) is 7. The summed E-state index contributed by atoms with van der Waals surface area (Å²) in [7, 11) is 0. The molecule has 0 radical (unpaired) electrons. The first kappa shape index (κ1) is 33.7. The van der Waals surface area contributed by atoms with Crippen LogP contribution in [0.2, 0.25) is 0 Å². The van der Waals surface area contributed by atoms with E-state index < -0.39 is 6.29 Å². The van der Waals surface area contributed by atoms with E-state index in [-0.39, 0.29) is 37.2 Å². The van der Waals surface area contributed by atoms with Crippen LogP contribution in [0.3, 0.4) is 0 Å². The van der Waals surface area contributed by atoms with Crippen LogP contribution in [0.1, 0.15) is 73.7 Å². The highest BCUT2D eigenvalue weighted by Gasteiger charge is 2.32. The van der Waals surface area contributed by atoms with Gasteiger partial charge in [-0.05, 0) is 40.7 Å². The topological polar surface area (TPSA) is 117 Å². The van der Waals surface area contributed by atoms with Crippen molar-refractivity contribution in [2.24, 2.45) is 0 Å². The Morgan fingerprint density at radius 1 is 0.886 bits per heavy atom. The molecule has 2 amide bonds. The summed E-state index contributed by atoms with van der Waals surface area (Å²) in [5, 5.41) is 24.5. The van der Waals surface area contributed by atoms with Gasteiger partial charge in [-0.1, -0.05) is 79.2 Å². The van der Waals surface area contributed by atoms with Gasteiger partial charge in [-0.2, -0.15) is 11.8 Å². The molecule has 4 rings (SSSR count). The van der Waals surface area contributed by atoms with Crippen molar-refractivity contribution in [2.45, 2.75) is 70.7 Å². The number of ether oxygens (including phenoxy) is 2. The van der Waals surface area contributed by atoms with Crippen LogP contribution >= 0.6 is 11.8 Å². The molecule has 1 aliphatic heterocycles. The summed E-state index contributed by atoms with van der Waals surface area (Å²) in [6.45, 7) is 2.74. The van der Waals surface area contributed by atoms with Gasteiger partial charge in [0.05, 0.1) is 25.4 Å². The molecule has 8 nitrogen and oxygen atoms in total. The van der Waals surface area contributed by atoms with Crippen molar-refractivity contribution in [1.29, 1.82) is 0 Å². The largest absolute Gasteiger partial charge is 0.396 e. The third-order valence-corrected chi connectivity index (χ3v) is 8.67. The fourth-order valence-electron chi connectivity index (χ4n) is 5.21. The Morgan fingerprint density at radius 3 is 2.36 bits per heavy atom. The zero-order chi connectivity index (χ0) is 31.1. The first-order valence-corrected chi connectivity index (χ1v) is 16.5. The molecule has 0 aromatic heterocycles. The van der Waals surface area contributed by atoms with E-state index in [9.17, 15) is 19.8 Å². The Kier molecular flexibility index (Phi) is 13.7. The van der Waals surface area contributed by atoms with E-state index in [0.29, 0.717) is 31.7 Å². The molecule has 0 aliphatic carbocycles. The van der Waals surface area contributed by atoms with Crippen molar-refractivity contribution < 1.29 is 29.3 Å². The van der Waals surface area contributed by atoms with Gasteiger partial charge in [-0.3, -0.25) is 9.59 Å². The molecule has 3 aromatic carbocycles. The Labute approximate surface area is 264 Å². The molecule has 1 aliphatic rings. The van der Waals surface area contributed by atoms with E-state index in [1.54, 1.807) is 11.8 Å². The van der Waals surface area contributed by atoms with Crippen molar-refractivity contribution >= 4 is 23.6 Å². The Balaban J connectivity index is 1.38. The molecule has 3 atom stereocenters. The van der Waals surface area contributed by atoms with Crippen LogP contribution < -0.4 is 10.6 Å². The molecular formula is C35H44N2O6S. The molecule has 9 heteroatoms. The van der Waals surface area contributed by atoms with Crippen molar-refractivity contribution in [1.82, 2.24) is 10.6 Å². The van der Waals surface area contributed by atoms with E-state index in [0.717, 1.165) is 58.4 Å². The third-order valence-electron chi connectivity index (χ3n) is 7.60. The fourth-order valence-corrected chi connectivity index (χ4v) is 5.99. The van der Waals surface area contributed by atoms with Gasteiger partial charge < -0.3 is 30.3 Å². The van der Waals surface area contributed by atoms with Gasteiger partial charge in [0.1, 0.15) is 0 Å². The maximum Gasteiger partial charge on any atom is 0.220 e. The minimum absolute atomic E-state index is 0.00192. The number of hydrogen-bond donors (Lipinski definition) is 4. The molecule has 0 unspecified atom stereocenters. The maximum absolute atomic E-state index is 12.5. The Hall–Kier alpha value is -3.21. The van der Waals surface area contributed by atoms with E-state index in [2.05, 4.69) is 28.8 Å². The second kappa shape index (κ2) is 17.9. The van der Waals surface area contributed by atoms with Gasteiger partial charge in [0.2, 0.25) is 11.8 Å². The second-order valence-electron chi connectivity index (χ2n) is 11.0. The van der Waals surface area contributed by atoms with Gasteiger partial charge in [-0.15, -0.1) is 0 Å². The summed E-state index contributed by atoms with van der Waals surface area (Å²) in [5.74, 6) is 1.42. The number of aliphatic hydroxyl groups is 2. The zero-order valence-electron chi connectivity index (χ0n) is 25.4. The standard InChI is InChI=1S/C35H44N2O6S/c1-25(40)36-18-6-2-3-9-34(41)37-22-30-7-4-5-8-32(30)27-14-16-29(17-15-27)35-42-31(24-44-20-19-38)21-33(43-35)28-12-10-26(23-39)11-13-28/h4-5,7-8,10-17,31,33,35,38-39H,2-3,6,9,18-24H2,1H3,(H,36,40)(H,37,41)/t31-,33+,35+/m1/s1. The first-order chi connectivity index (χ1) is 21.5. The average Bonchev–Trinajstić information content (AvgIpc) is 3.05. The summed E-state index contributed by atoms with van der Waals surface area (Å²) >= 11 is 1.67. The third kappa shape index (κ3) is 10.5. The fraction of sp³-hybridized carbons (Fsp3) is 0.429. The van der Waals surface area contributed by atoms with Gasteiger partial charge in [0, 0.05) is 49.9 Å². The Morgan fingerprint density at radius 2 is 1.64 bits per heavy atom. The lowest BCUT2D eigenvalue weighted by Gasteiger charge is -2.36. The summed E-state index contributed by atoms with van der Waals surface area (Å²) in [6.07, 6.45) is 3.00. The number of aliphatic hydroxyl groups excluding tert-OH is 2. The number of rotatable bonds is 16. The second-order valence-corrected chi connectivity index (χ2v) is 12.1. The minimum atomic E-state index is -0.534. The lowest BCUT2D eigenvalue weighted by Crippen LogP contribution is -2.31. The minimum Gasteiger partial charge on any atom is -0.396 e. The molecule has 3 aromatic rings. The smallest absolute Gasteiger partial charge is 0.220 e. The number of unbranched alkanes of at least 4 members (excludes halogenated alkanes) is 2. The van der Waals surface area contributed by atoms with Crippen molar-refractivity contribution in [3.63, 3.8) is 0 Å². The van der Waals surface area contributed by atoms with Gasteiger partial charge in [0.15, 0.2) is 6.29 Å². The van der Waals surface area contributed by atoms with Gasteiger partial charge >= 0.3 is 0 Å². The predicted octanol–water partition coefficient (Wildman–Crippen LogP) is 5.43. The maximum atomic E-state index is 12.5. The molecule has 1 saturated heterocycles. The SMILES string of the molecule is CC(=O)NCCCCCC(=O)NCc1ccccc1-c1ccc([C@H]2O[C@@H](CSCCO)C[C@@H](c3ccc(CO)cc3)O2)cc1. The zero-order valence-corrected chi connectivity index (χ0v) is 26.2. The van der Waals surface area contributed by atoms with Crippen LogP contribution in [0.15, 0.2) is 72.8 Å². The van der Waals surface area contributed by atoms with Crippen LogP contribution in [0, 0.1) is 0 Å². The number of benzene rings is 3. The highest BCUT2D eigenvalue weighted by Crippen LogP contribution is 2.39. The van der Waals surface area contributed by atoms with Crippen LogP contribution in [0.5, 0.6) is 0 Å². The summed E-state index contributed by atoms with van der Waals surface area (Å²) < 4.78 is 12.8. The van der Waals surface area contributed by atoms with Crippen LogP contribution in [0.4, 0.5) is 0 Å². The van der Waals surface area contributed by atoms with E-state index >= 15 is 0 Å². The number of thioether (sulfide) groups is 1. The van der Waals surface area contributed by atoms with Crippen molar-refractivity contribution in [3.8, 4) is 11.1 Å². The molecule has 236 valence electrons. The number of carbonyl (C=O) groups excluding carboxylic acids is 2. The van der Waals surface area contributed by atoms with Crippen LogP contribution in [0.25, 0.3) is 11.1 Å². The van der Waals surface area contributed by atoms with Gasteiger partial charge in [-0.25, -0.2) is 0 Å². The lowest BCUT2D eigenvalue weighted by atomic mass is 9.97. The molecule has 1 heterocycles. The van der Waals surface area contributed by atoms with Crippen LogP contribution in [-0.2, 0) is 32.2 Å². The molecule has 1 fully saturated rings. The highest BCUT2D eigenvalue weighted by atomic mass is 32.2. The molecule has 0 bridgehead atoms. The monoisotopic (exact) mass is 620 g/mol. The first-order valence-electron chi connectivity index (χ1n) is 15.4. The van der Waals surface area contributed by atoms with Gasteiger partial charge in [0.25, 0.3) is 0 Å². The van der Waals surface area contributed by atoms with Crippen LogP contribution in [-0.4, -0.2) is 52.8 Å². The number of carbonyl (C=O) groups is 2. The summed E-state index contributed by atoms with van der Waals surface area (Å²) in [5.41, 5.74) is 5.96. The molecular weight excluding hydrogens is 576 g/mol. The van der Waals surface area contributed by atoms with E-state index in [4.69, 9.17) is 9.47 Å². The predicted molar refractivity (Wildman–Crippen MR) is 174 cm³/mol. The lowest BCUT2D eigenvalue weighted by molar-refractivity contribution is -0.245. The number of amides is 2. The average molecular weight is 621 g/mol. The Bertz CT molecular complexity index is 1320. The molecule has 44 heavy (non-hydrogen) atoms. The highest BCUT2D eigenvalue weighted by molar-refractivity contribution is 7.99. The summed E-state index contributed by atoms with van der Waals surface area (Å²) in [4.78, 5) is 23.4. The quantitative estimate of drug-likeness (QED) is 0.158. The van der Waals surface area contributed by atoms with Crippen molar-refractivity contribution in [2.75, 3.05) is 24.7 Å². The molecule has 4 N–H and O–H groups in total. The van der Waals surface area contributed by atoms with Crippen molar-refractivity contribution in [3.05, 3.63) is 95.1 Å². The van der Waals surface area contributed by atoms with E-state index in [1.165, 1.54) is 6.92 Å². The number of nitrogens with one attached hydrogen (secondary N) is 2.